The lowest BCUT2D eigenvalue weighted by molar-refractivity contribution is 0.326. The first-order valence-corrected chi connectivity index (χ1v) is 11.0. The molecule has 1 rings (SSSR count). The van der Waals surface area contributed by atoms with Gasteiger partial charge in [0, 0.05) is 5.56 Å². The van der Waals surface area contributed by atoms with Crippen LogP contribution in [-0.4, -0.2) is 21.9 Å². The third-order valence-electron chi connectivity index (χ3n) is 5.26. The molecular weight excluding hydrogens is 372 g/mol. The number of aliphatic hydroxyl groups is 1. The van der Waals surface area contributed by atoms with Gasteiger partial charge in [0.1, 0.15) is 11.5 Å². The zero-order chi connectivity index (χ0) is 22.5. The molecule has 0 saturated carbocycles. The predicted octanol–water partition coefficient (Wildman–Crippen LogP) is 7.07. The largest absolute Gasteiger partial charge is 0.508 e. The van der Waals surface area contributed by atoms with Crippen molar-refractivity contribution in [1.82, 2.24) is 0 Å². The third kappa shape index (κ3) is 10.5. The number of aromatic hydroxyl groups is 2. The van der Waals surface area contributed by atoms with Crippen LogP contribution in [0, 0.1) is 6.92 Å². The van der Waals surface area contributed by atoms with Gasteiger partial charge in [-0.1, -0.05) is 41.0 Å². The third-order valence-corrected chi connectivity index (χ3v) is 5.26. The molecule has 0 atom stereocenters. The maximum absolute atomic E-state index is 10.1. The monoisotopic (exact) mass is 412 g/mol. The van der Waals surface area contributed by atoms with Gasteiger partial charge in [-0.15, -0.1) is 0 Å². The van der Waals surface area contributed by atoms with Gasteiger partial charge in [-0.25, -0.2) is 0 Å². The first-order chi connectivity index (χ1) is 14.2. The SMILES string of the molecule is CC(C)=CCC/C(=C/CC/C(C)=C/CC/C(C)=C/Cc1cc(O)cc(C)c1O)CO. The fourth-order valence-corrected chi connectivity index (χ4v) is 3.32. The Bertz CT molecular complexity index is 791. The Morgan fingerprint density at radius 2 is 1.40 bits per heavy atom. The van der Waals surface area contributed by atoms with Crippen LogP contribution in [-0.2, 0) is 6.42 Å². The molecule has 1 aromatic carbocycles. The van der Waals surface area contributed by atoms with Crippen molar-refractivity contribution in [2.45, 2.75) is 79.6 Å². The number of aryl methyl sites for hydroxylation is 1. The van der Waals surface area contributed by atoms with Crippen LogP contribution in [0.15, 0.2) is 58.7 Å². The molecule has 3 heteroatoms. The molecule has 0 aliphatic carbocycles. The van der Waals surface area contributed by atoms with Crippen molar-refractivity contribution in [3.8, 4) is 11.5 Å². The Morgan fingerprint density at radius 3 is 2.03 bits per heavy atom. The number of hydrogen-bond acceptors (Lipinski definition) is 3. The summed E-state index contributed by atoms with van der Waals surface area (Å²) in [5.74, 6) is 0.462. The molecule has 0 heterocycles. The highest BCUT2D eigenvalue weighted by atomic mass is 16.3. The summed E-state index contributed by atoms with van der Waals surface area (Å²) in [6.07, 6.45) is 15.3. The number of benzene rings is 1. The van der Waals surface area contributed by atoms with Crippen molar-refractivity contribution < 1.29 is 15.3 Å². The van der Waals surface area contributed by atoms with Crippen molar-refractivity contribution in [2.24, 2.45) is 0 Å². The van der Waals surface area contributed by atoms with Gasteiger partial charge in [-0.05, 0) is 103 Å². The van der Waals surface area contributed by atoms with Gasteiger partial charge in [0.05, 0.1) is 6.61 Å². The Labute approximate surface area is 183 Å². The summed E-state index contributed by atoms with van der Waals surface area (Å²) in [5, 5.41) is 29.3. The Morgan fingerprint density at radius 1 is 0.800 bits per heavy atom. The van der Waals surface area contributed by atoms with Gasteiger partial charge >= 0.3 is 0 Å². The van der Waals surface area contributed by atoms with Crippen molar-refractivity contribution in [3.05, 3.63) is 69.9 Å². The van der Waals surface area contributed by atoms with E-state index in [0.29, 0.717) is 12.0 Å². The van der Waals surface area contributed by atoms with Crippen molar-refractivity contribution in [3.63, 3.8) is 0 Å². The standard InChI is InChI=1S/C27H40O3/c1-20(2)9-6-13-24(19-28)14-8-12-21(3)10-7-11-22(4)15-16-25-18-26(29)17-23(5)27(25)30/h9-10,14-15,17-18,28-30H,6-8,11-13,16,19H2,1-5H3/b21-10+,22-15+,24-14-. The van der Waals surface area contributed by atoms with Crippen molar-refractivity contribution in [1.29, 1.82) is 0 Å². The second-order valence-corrected chi connectivity index (χ2v) is 8.49. The first-order valence-electron chi connectivity index (χ1n) is 11.0. The predicted molar refractivity (Wildman–Crippen MR) is 128 cm³/mol. The van der Waals surface area contributed by atoms with Crippen LogP contribution >= 0.6 is 0 Å². The van der Waals surface area contributed by atoms with Crippen LogP contribution in [0.4, 0.5) is 0 Å². The highest BCUT2D eigenvalue weighted by Gasteiger charge is 2.05. The van der Waals surface area contributed by atoms with Gasteiger partial charge < -0.3 is 15.3 Å². The molecule has 3 N–H and O–H groups in total. The lowest BCUT2D eigenvalue weighted by atomic mass is 10.0. The Balaban J connectivity index is 2.44. The molecule has 3 nitrogen and oxygen atoms in total. The van der Waals surface area contributed by atoms with Crippen LogP contribution in [0.5, 0.6) is 11.5 Å². The topological polar surface area (TPSA) is 60.7 Å². The number of rotatable bonds is 12. The summed E-state index contributed by atoms with van der Waals surface area (Å²) in [6.45, 7) is 10.4. The molecule has 0 radical (unpaired) electrons. The Kier molecular flexibility index (Phi) is 11.9. The second kappa shape index (κ2) is 13.9. The normalized spacial score (nSPS) is 12.9. The lowest BCUT2D eigenvalue weighted by Gasteiger charge is -2.07. The molecule has 0 spiro atoms. The molecular formula is C27H40O3. The summed E-state index contributed by atoms with van der Waals surface area (Å²) in [7, 11) is 0. The van der Waals surface area contributed by atoms with Gasteiger partial charge in [0.15, 0.2) is 0 Å². The van der Waals surface area contributed by atoms with E-state index in [1.54, 1.807) is 19.1 Å². The minimum Gasteiger partial charge on any atom is -0.508 e. The number of aliphatic hydroxyl groups excluding tert-OH is 1. The molecule has 0 saturated heterocycles. The highest BCUT2D eigenvalue weighted by Crippen LogP contribution is 2.28. The van der Waals surface area contributed by atoms with E-state index < -0.39 is 0 Å². The summed E-state index contributed by atoms with van der Waals surface area (Å²) in [5.41, 5.74) is 6.57. The highest BCUT2D eigenvalue weighted by molar-refractivity contribution is 5.46. The van der Waals surface area contributed by atoms with Crippen LogP contribution in [0.3, 0.4) is 0 Å². The van der Waals surface area contributed by atoms with E-state index in [-0.39, 0.29) is 18.1 Å². The zero-order valence-electron chi connectivity index (χ0n) is 19.5. The molecule has 0 unspecified atom stereocenters. The zero-order valence-corrected chi connectivity index (χ0v) is 19.5. The first kappa shape index (κ1) is 25.8. The molecule has 0 fully saturated rings. The van der Waals surface area contributed by atoms with E-state index in [4.69, 9.17) is 0 Å². The average molecular weight is 413 g/mol. The van der Waals surface area contributed by atoms with Gasteiger partial charge in [0.2, 0.25) is 0 Å². The summed E-state index contributed by atoms with van der Waals surface area (Å²) < 4.78 is 0. The fraction of sp³-hybridized carbons (Fsp3) is 0.481. The number of phenolic OH excluding ortho intramolecular Hbond substituents is 2. The molecule has 0 aromatic heterocycles. The van der Waals surface area contributed by atoms with E-state index in [0.717, 1.165) is 49.7 Å². The van der Waals surface area contributed by atoms with E-state index in [9.17, 15) is 15.3 Å². The smallest absolute Gasteiger partial charge is 0.122 e. The summed E-state index contributed by atoms with van der Waals surface area (Å²) in [4.78, 5) is 0. The minimum absolute atomic E-state index is 0.150. The van der Waals surface area contributed by atoms with Crippen LogP contribution < -0.4 is 0 Å². The summed E-state index contributed by atoms with van der Waals surface area (Å²) >= 11 is 0. The van der Waals surface area contributed by atoms with E-state index >= 15 is 0 Å². The van der Waals surface area contributed by atoms with E-state index in [1.807, 2.05) is 0 Å². The van der Waals surface area contributed by atoms with Gasteiger partial charge in [-0.2, -0.15) is 0 Å². The molecule has 0 aliphatic rings. The molecule has 0 aliphatic heterocycles. The van der Waals surface area contributed by atoms with Crippen LogP contribution in [0.1, 0.15) is 77.3 Å². The van der Waals surface area contributed by atoms with Crippen LogP contribution in [0.2, 0.25) is 0 Å². The van der Waals surface area contributed by atoms with E-state index in [2.05, 4.69) is 52.0 Å². The second-order valence-electron chi connectivity index (χ2n) is 8.49. The van der Waals surface area contributed by atoms with Crippen molar-refractivity contribution in [2.75, 3.05) is 6.61 Å². The summed E-state index contributed by atoms with van der Waals surface area (Å²) in [6, 6.07) is 3.20. The van der Waals surface area contributed by atoms with Gasteiger partial charge in [0.25, 0.3) is 0 Å². The molecule has 1 aromatic rings. The maximum atomic E-state index is 10.1. The lowest BCUT2D eigenvalue weighted by Crippen LogP contribution is -1.91. The fourth-order valence-electron chi connectivity index (χ4n) is 3.32. The molecule has 166 valence electrons. The molecule has 0 amide bonds. The molecule has 0 bridgehead atoms. The number of allylic oxidation sites excluding steroid dienone is 7. The number of hydrogen-bond donors (Lipinski definition) is 3. The van der Waals surface area contributed by atoms with Gasteiger partial charge in [-0.3, -0.25) is 0 Å². The molecule has 30 heavy (non-hydrogen) atoms. The maximum Gasteiger partial charge on any atom is 0.122 e. The quantitative estimate of drug-likeness (QED) is 0.254. The Hall–Kier alpha value is -2.26. The number of phenols is 2. The van der Waals surface area contributed by atoms with E-state index in [1.165, 1.54) is 16.7 Å². The van der Waals surface area contributed by atoms with Crippen molar-refractivity contribution >= 4 is 0 Å². The minimum atomic E-state index is 0.150. The average Bonchev–Trinajstić information content (AvgIpc) is 2.68. The van der Waals surface area contributed by atoms with Crippen LogP contribution in [0.25, 0.3) is 0 Å².